The van der Waals surface area contributed by atoms with Crippen molar-refractivity contribution in [2.45, 2.75) is 77.2 Å². The molecular weight excluding hydrogens is 492 g/mol. The Morgan fingerprint density at radius 2 is 1.69 bits per heavy atom. The number of rotatable bonds is 14. The Hall–Kier alpha value is -2.17. The van der Waals surface area contributed by atoms with Gasteiger partial charge in [0.15, 0.2) is 0 Å². The summed E-state index contributed by atoms with van der Waals surface area (Å²) < 4.78 is 5.07. The average Bonchev–Trinajstić information content (AvgIpc) is 2.95. The van der Waals surface area contributed by atoms with E-state index in [4.69, 9.17) is 15.5 Å². The van der Waals surface area contributed by atoms with Crippen molar-refractivity contribution in [2.75, 3.05) is 81.5 Å². The van der Waals surface area contributed by atoms with Gasteiger partial charge in [0, 0.05) is 44.8 Å². The molecule has 2 saturated carbocycles. The molecule has 0 atom stereocenters. The minimum Gasteiger partial charge on any atom is -0.465 e. The number of carbonyl (C=O) groups is 1. The van der Waals surface area contributed by atoms with E-state index in [-0.39, 0.29) is 5.97 Å². The highest BCUT2D eigenvalue weighted by Crippen LogP contribution is 2.29. The van der Waals surface area contributed by atoms with Gasteiger partial charge in [0.25, 0.3) is 0 Å². The molecule has 1 aromatic rings. The lowest BCUT2D eigenvalue weighted by atomic mass is 9.82. The minimum absolute atomic E-state index is 0.161. The summed E-state index contributed by atoms with van der Waals surface area (Å²) in [5.74, 6) is 3.24. The van der Waals surface area contributed by atoms with Gasteiger partial charge in [-0.3, -0.25) is 9.69 Å². The molecule has 220 valence electrons. The van der Waals surface area contributed by atoms with Gasteiger partial charge >= 0.3 is 5.97 Å². The molecule has 10 heteroatoms. The second-order valence-corrected chi connectivity index (χ2v) is 11.7. The molecule has 0 bridgehead atoms. The molecule has 2 heterocycles. The molecule has 0 aromatic carbocycles. The minimum atomic E-state index is -0.161. The van der Waals surface area contributed by atoms with E-state index >= 15 is 0 Å². The van der Waals surface area contributed by atoms with Crippen molar-refractivity contribution >= 4 is 23.6 Å². The van der Waals surface area contributed by atoms with Crippen LogP contribution in [0, 0.1) is 11.8 Å². The maximum Gasteiger partial charge on any atom is 0.320 e. The predicted molar refractivity (Wildman–Crippen MR) is 158 cm³/mol. The van der Waals surface area contributed by atoms with Gasteiger partial charge in [-0.2, -0.15) is 9.97 Å². The van der Waals surface area contributed by atoms with Crippen LogP contribution >= 0.6 is 0 Å². The van der Waals surface area contributed by atoms with E-state index < -0.39 is 0 Å². The summed E-state index contributed by atoms with van der Waals surface area (Å²) in [6.07, 6.45) is 13.3. The summed E-state index contributed by atoms with van der Waals surface area (Å²) in [7, 11) is 0. The summed E-state index contributed by atoms with van der Waals surface area (Å²) in [6, 6.07) is 2.61. The molecule has 4 rings (SSSR count). The summed E-state index contributed by atoms with van der Waals surface area (Å²) >= 11 is 0. The lowest BCUT2D eigenvalue weighted by molar-refractivity contribution is -0.144. The summed E-state index contributed by atoms with van der Waals surface area (Å²) in [5.41, 5.74) is 6.13. The van der Waals surface area contributed by atoms with E-state index in [2.05, 4.69) is 30.7 Å². The van der Waals surface area contributed by atoms with Crippen molar-refractivity contribution < 1.29 is 9.53 Å². The van der Waals surface area contributed by atoms with Crippen LogP contribution in [0.25, 0.3) is 0 Å². The summed E-state index contributed by atoms with van der Waals surface area (Å²) in [4.78, 5) is 25.3. The molecule has 2 aliphatic carbocycles. The van der Waals surface area contributed by atoms with E-state index in [1.54, 1.807) is 0 Å². The number of nitrogens with one attached hydrogen (secondary N) is 3. The molecule has 3 aliphatic rings. The number of anilines is 3. The van der Waals surface area contributed by atoms with Crippen LogP contribution in [-0.4, -0.2) is 92.4 Å². The van der Waals surface area contributed by atoms with E-state index in [1.165, 1.54) is 64.2 Å². The number of carbonyl (C=O) groups excluding carboxylic acids is 1. The molecular formula is C29H52N8O2. The zero-order valence-electron chi connectivity index (χ0n) is 24.1. The fourth-order valence-corrected chi connectivity index (χ4v) is 6.23. The molecule has 0 radical (unpaired) electrons. The number of nitrogens with zero attached hydrogens (tertiary/aromatic N) is 4. The van der Waals surface area contributed by atoms with Gasteiger partial charge in [-0.15, -0.1) is 0 Å². The maximum absolute atomic E-state index is 11.8. The molecule has 0 amide bonds. The highest BCUT2D eigenvalue weighted by Gasteiger charge is 2.23. The fourth-order valence-electron chi connectivity index (χ4n) is 6.23. The van der Waals surface area contributed by atoms with Crippen LogP contribution in [0.1, 0.15) is 71.1 Å². The van der Waals surface area contributed by atoms with Crippen LogP contribution in [0.5, 0.6) is 0 Å². The lowest BCUT2D eigenvalue weighted by Crippen LogP contribution is -2.48. The molecule has 0 unspecified atom stereocenters. The van der Waals surface area contributed by atoms with Crippen molar-refractivity contribution in [3.05, 3.63) is 6.07 Å². The van der Waals surface area contributed by atoms with Crippen LogP contribution < -0.4 is 26.6 Å². The predicted octanol–water partition coefficient (Wildman–Crippen LogP) is 2.86. The van der Waals surface area contributed by atoms with Gasteiger partial charge in [0.1, 0.15) is 11.6 Å². The van der Waals surface area contributed by atoms with Gasteiger partial charge in [0.05, 0.1) is 13.2 Å². The van der Waals surface area contributed by atoms with Gasteiger partial charge in [-0.05, 0) is 83.3 Å². The first-order valence-electron chi connectivity index (χ1n) is 15.5. The van der Waals surface area contributed by atoms with Crippen LogP contribution in [-0.2, 0) is 9.53 Å². The fraction of sp³-hybridized carbons (Fsp3) is 0.828. The van der Waals surface area contributed by atoms with Crippen molar-refractivity contribution in [3.63, 3.8) is 0 Å². The van der Waals surface area contributed by atoms with Crippen LogP contribution in [0.4, 0.5) is 17.6 Å². The van der Waals surface area contributed by atoms with Crippen LogP contribution in [0.2, 0.25) is 0 Å². The number of esters is 1. The SMILES string of the molecule is CCOC(=O)CN1CCN(c2cc(N)nc(NC[C@H]3CC[C@H](CNCCCNC4CCCCC4)CC3)n2)CC1. The largest absolute Gasteiger partial charge is 0.465 e. The van der Waals surface area contributed by atoms with Gasteiger partial charge in [-0.1, -0.05) is 19.3 Å². The first-order chi connectivity index (χ1) is 19.1. The van der Waals surface area contributed by atoms with E-state index in [9.17, 15) is 4.79 Å². The third-order valence-electron chi connectivity index (χ3n) is 8.60. The van der Waals surface area contributed by atoms with Crippen molar-refractivity contribution in [2.24, 2.45) is 11.8 Å². The summed E-state index contributed by atoms with van der Waals surface area (Å²) in [6.45, 7) is 10.1. The quantitative estimate of drug-likeness (QED) is 0.205. The first-order valence-corrected chi connectivity index (χ1v) is 15.5. The third kappa shape index (κ3) is 10.4. The van der Waals surface area contributed by atoms with Crippen molar-refractivity contribution in [1.82, 2.24) is 25.5 Å². The first kappa shape index (κ1) is 29.8. The summed E-state index contributed by atoms with van der Waals surface area (Å²) in [5, 5.41) is 10.9. The van der Waals surface area contributed by atoms with E-state index in [0.717, 1.165) is 70.1 Å². The maximum atomic E-state index is 11.8. The lowest BCUT2D eigenvalue weighted by Gasteiger charge is -2.35. The second-order valence-electron chi connectivity index (χ2n) is 11.7. The zero-order valence-corrected chi connectivity index (χ0v) is 24.1. The molecule has 5 N–H and O–H groups in total. The topological polar surface area (TPSA) is 121 Å². The van der Waals surface area contributed by atoms with Crippen LogP contribution in [0.15, 0.2) is 6.07 Å². The van der Waals surface area contributed by atoms with E-state index in [1.807, 2.05) is 13.0 Å². The molecule has 1 saturated heterocycles. The van der Waals surface area contributed by atoms with Crippen molar-refractivity contribution in [3.8, 4) is 0 Å². The van der Waals surface area contributed by atoms with Gasteiger partial charge in [-0.25, -0.2) is 0 Å². The molecule has 1 aromatic heterocycles. The van der Waals surface area contributed by atoms with Gasteiger partial charge in [0.2, 0.25) is 5.95 Å². The monoisotopic (exact) mass is 544 g/mol. The number of aromatic nitrogens is 2. The molecule has 3 fully saturated rings. The third-order valence-corrected chi connectivity index (χ3v) is 8.60. The highest BCUT2D eigenvalue weighted by atomic mass is 16.5. The average molecular weight is 545 g/mol. The van der Waals surface area contributed by atoms with Crippen LogP contribution in [0.3, 0.4) is 0 Å². The van der Waals surface area contributed by atoms with Crippen molar-refractivity contribution in [1.29, 1.82) is 0 Å². The highest BCUT2D eigenvalue weighted by molar-refractivity contribution is 5.71. The molecule has 39 heavy (non-hydrogen) atoms. The normalized spacial score (nSPS) is 23.1. The molecule has 0 spiro atoms. The Kier molecular flexibility index (Phi) is 12.4. The number of nitrogens with two attached hydrogens (primary N) is 1. The van der Waals surface area contributed by atoms with E-state index in [0.29, 0.717) is 30.8 Å². The number of ether oxygens (including phenoxy) is 1. The number of nitrogen functional groups attached to an aromatic ring is 1. The Bertz CT molecular complexity index is 850. The Morgan fingerprint density at radius 3 is 2.41 bits per heavy atom. The molecule has 1 aliphatic heterocycles. The number of hydrogen-bond donors (Lipinski definition) is 4. The zero-order chi connectivity index (χ0) is 27.3. The molecule has 10 nitrogen and oxygen atoms in total. The Labute approximate surface area is 235 Å². The number of hydrogen-bond acceptors (Lipinski definition) is 10. The smallest absolute Gasteiger partial charge is 0.320 e. The Balaban J connectivity index is 1.09. The Morgan fingerprint density at radius 1 is 0.974 bits per heavy atom. The number of piperazine rings is 1. The standard InChI is InChI=1S/C29H52N8O2/c1-2-39-28(38)22-36-15-17-37(18-16-36)27-19-26(30)34-29(35-27)33-21-24-11-9-23(10-12-24)20-31-13-6-14-32-25-7-4-3-5-8-25/h19,23-25,31-32H,2-18,20-22H2,1H3,(H3,30,33,34,35)/t23-,24-. The second kappa shape index (κ2) is 16.2. The van der Waals surface area contributed by atoms with Gasteiger partial charge < -0.3 is 31.3 Å².